The van der Waals surface area contributed by atoms with Gasteiger partial charge in [-0.3, -0.25) is 19.8 Å². The molecule has 0 spiro atoms. The van der Waals surface area contributed by atoms with Crippen molar-refractivity contribution in [3.05, 3.63) is 139 Å². The van der Waals surface area contributed by atoms with E-state index in [9.17, 15) is 9.59 Å². The van der Waals surface area contributed by atoms with E-state index in [-0.39, 0.29) is 11.1 Å². The smallest absolute Gasteiger partial charge is 0.275 e. The Morgan fingerprint density at radius 3 is 1.83 bits per heavy atom. The number of aromatic nitrogens is 4. The number of hydrogen-bond acceptors (Lipinski definition) is 4. The highest BCUT2D eigenvalue weighted by molar-refractivity contribution is 9.10. The Kier molecular flexibility index (Phi) is 8.16. The Labute approximate surface area is 246 Å². The van der Waals surface area contributed by atoms with Crippen LogP contribution >= 0.6 is 15.9 Å². The van der Waals surface area contributed by atoms with E-state index in [1.807, 2.05) is 93.6 Å². The molecule has 8 nitrogen and oxygen atoms in total. The van der Waals surface area contributed by atoms with Crippen LogP contribution in [0, 0.1) is 13.8 Å². The van der Waals surface area contributed by atoms with E-state index in [2.05, 4.69) is 32.7 Å². The van der Waals surface area contributed by atoms with Gasteiger partial charge in [0.15, 0.2) is 11.5 Å². The Bertz CT molecular complexity index is 1700. The summed E-state index contributed by atoms with van der Waals surface area (Å²) >= 11 is 3.65. The van der Waals surface area contributed by atoms with E-state index in [0.29, 0.717) is 68.6 Å². The monoisotopic (exact) mass is 614 g/mol. The second-order valence-corrected chi connectivity index (χ2v) is 10.4. The molecule has 2 heterocycles. The second-order valence-electron chi connectivity index (χ2n) is 9.55. The van der Waals surface area contributed by atoms with Crippen molar-refractivity contribution >= 4 is 15.9 Å². The molecule has 0 atom stereocenters. The lowest BCUT2D eigenvalue weighted by molar-refractivity contribution is 0.295. The Morgan fingerprint density at radius 1 is 0.854 bits per heavy atom. The maximum absolute atomic E-state index is 14.1. The van der Waals surface area contributed by atoms with Gasteiger partial charge in [-0.2, -0.15) is 0 Å². The Morgan fingerprint density at radius 2 is 1.37 bits per heavy atom. The zero-order valence-electron chi connectivity index (χ0n) is 23.1. The minimum atomic E-state index is -0.721. The molecular formula is C32H31BrN4O4. The molecule has 0 fully saturated rings. The molecule has 0 aliphatic rings. The summed E-state index contributed by atoms with van der Waals surface area (Å²) in [7, 11) is 0. The third kappa shape index (κ3) is 5.32. The van der Waals surface area contributed by atoms with E-state index in [1.165, 1.54) is 9.36 Å². The topological polar surface area (TPSA) is 94.0 Å². The summed E-state index contributed by atoms with van der Waals surface area (Å²) in [6.45, 7) is 10.0. The molecule has 2 N–H and O–H groups in total. The van der Waals surface area contributed by atoms with Gasteiger partial charge in [0.1, 0.15) is 6.61 Å². The minimum absolute atomic E-state index is 0.244. The van der Waals surface area contributed by atoms with Gasteiger partial charge in [-0.05, 0) is 78.7 Å². The molecule has 0 amide bonds. The largest absolute Gasteiger partial charge is 0.490 e. The zero-order chi connectivity index (χ0) is 29.1. The van der Waals surface area contributed by atoms with Crippen LogP contribution in [0.15, 0.2) is 99.5 Å². The molecule has 0 saturated carbocycles. The number of halogens is 1. The summed E-state index contributed by atoms with van der Waals surface area (Å²) in [6, 6.07) is 22.4. The van der Waals surface area contributed by atoms with Gasteiger partial charge in [0.2, 0.25) is 0 Å². The van der Waals surface area contributed by atoms with E-state index < -0.39 is 5.92 Å². The van der Waals surface area contributed by atoms with Crippen LogP contribution in [-0.2, 0) is 0 Å². The highest BCUT2D eigenvalue weighted by Crippen LogP contribution is 2.42. The maximum Gasteiger partial charge on any atom is 0.275 e. The minimum Gasteiger partial charge on any atom is -0.490 e. The highest BCUT2D eigenvalue weighted by Gasteiger charge is 2.32. The first-order valence-corrected chi connectivity index (χ1v) is 14.1. The van der Waals surface area contributed by atoms with Gasteiger partial charge in [0, 0.05) is 17.3 Å². The van der Waals surface area contributed by atoms with Gasteiger partial charge in [0.05, 0.1) is 33.6 Å². The highest BCUT2D eigenvalue weighted by atomic mass is 79.9. The number of rotatable bonds is 10. The van der Waals surface area contributed by atoms with Crippen molar-refractivity contribution in [1.82, 2.24) is 19.6 Å². The van der Waals surface area contributed by atoms with Gasteiger partial charge < -0.3 is 9.47 Å². The molecule has 9 heteroatoms. The molecule has 0 saturated heterocycles. The van der Waals surface area contributed by atoms with Crippen LogP contribution in [0.4, 0.5) is 0 Å². The van der Waals surface area contributed by atoms with Gasteiger partial charge in [-0.1, -0.05) is 49.1 Å². The molecule has 41 heavy (non-hydrogen) atoms. The fraction of sp³-hybridized carbons (Fsp3) is 0.188. The number of ether oxygens (including phenoxy) is 2. The van der Waals surface area contributed by atoms with Gasteiger partial charge in [-0.15, -0.1) is 0 Å². The lowest BCUT2D eigenvalue weighted by atomic mass is 9.85. The SMILES string of the molecule is C=CCOc1c(Br)cc(C(c2c(C)[nH]n(-c3ccccc3)c2=O)c2c(C)[nH]n(-c3ccccc3)c2=O)cc1OCC. The van der Waals surface area contributed by atoms with Crippen molar-refractivity contribution in [2.75, 3.05) is 13.2 Å². The zero-order valence-corrected chi connectivity index (χ0v) is 24.7. The van der Waals surface area contributed by atoms with E-state index in [4.69, 9.17) is 9.47 Å². The van der Waals surface area contributed by atoms with Crippen LogP contribution in [0.2, 0.25) is 0 Å². The average molecular weight is 616 g/mol. The first kappa shape index (κ1) is 28.0. The molecule has 0 radical (unpaired) electrons. The van der Waals surface area contributed by atoms with Crippen LogP contribution in [0.1, 0.15) is 40.9 Å². The Hall–Kier alpha value is -4.50. The Balaban J connectivity index is 1.80. The first-order valence-electron chi connectivity index (χ1n) is 13.3. The third-order valence-electron chi connectivity index (χ3n) is 6.85. The van der Waals surface area contributed by atoms with Gasteiger partial charge in [0.25, 0.3) is 11.1 Å². The van der Waals surface area contributed by atoms with Crippen LogP contribution in [0.3, 0.4) is 0 Å². The number of aromatic amines is 2. The second kappa shape index (κ2) is 11.9. The molecule has 3 aromatic carbocycles. The summed E-state index contributed by atoms with van der Waals surface area (Å²) < 4.78 is 15.5. The third-order valence-corrected chi connectivity index (χ3v) is 7.44. The van der Waals surface area contributed by atoms with Crippen molar-refractivity contribution in [1.29, 1.82) is 0 Å². The number of hydrogen-bond donors (Lipinski definition) is 2. The normalized spacial score (nSPS) is 11.1. The summed E-state index contributed by atoms with van der Waals surface area (Å²) in [5.41, 5.74) is 3.82. The summed E-state index contributed by atoms with van der Waals surface area (Å²) in [5.74, 6) is 0.299. The van der Waals surface area contributed by atoms with E-state index in [1.54, 1.807) is 6.08 Å². The van der Waals surface area contributed by atoms with E-state index >= 15 is 0 Å². The molecule has 0 aliphatic heterocycles. The molecule has 210 valence electrons. The van der Waals surface area contributed by atoms with Crippen molar-refractivity contribution < 1.29 is 9.47 Å². The van der Waals surface area contributed by atoms with Gasteiger partial charge >= 0.3 is 0 Å². The fourth-order valence-corrected chi connectivity index (χ4v) is 5.67. The number of aryl methyl sites for hydroxylation is 2. The maximum atomic E-state index is 14.1. The van der Waals surface area contributed by atoms with Crippen LogP contribution in [0.25, 0.3) is 11.4 Å². The number of para-hydroxylation sites is 2. The van der Waals surface area contributed by atoms with Crippen molar-refractivity contribution in [2.24, 2.45) is 0 Å². The molecule has 0 bridgehead atoms. The molecule has 5 aromatic rings. The average Bonchev–Trinajstić information content (AvgIpc) is 3.44. The van der Waals surface area contributed by atoms with Crippen LogP contribution in [0.5, 0.6) is 11.5 Å². The number of nitrogens with one attached hydrogen (secondary N) is 2. The van der Waals surface area contributed by atoms with Crippen LogP contribution in [-0.4, -0.2) is 32.8 Å². The lowest BCUT2D eigenvalue weighted by Crippen LogP contribution is -2.25. The molecule has 2 aromatic heterocycles. The molecule has 0 aliphatic carbocycles. The van der Waals surface area contributed by atoms with Crippen molar-refractivity contribution in [3.63, 3.8) is 0 Å². The van der Waals surface area contributed by atoms with Crippen molar-refractivity contribution in [3.8, 4) is 22.9 Å². The predicted octanol–water partition coefficient (Wildman–Crippen LogP) is 6.17. The van der Waals surface area contributed by atoms with E-state index in [0.717, 1.165) is 0 Å². The van der Waals surface area contributed by atoms with Gasteiger partial charge in [-0.25, -0.2) is 9.36 Å². The number of H-pyrrole nitrogens is 2. The summed E-state index contributed by atoms with van der Waals surface area (Å²) in [4.78, 5) is 28.2. The quantitative estimate of drug-likeness (QED) is 0.184. The van der Waals surface area contributed by atoms with Crippen molar-refractivity contribution in [2.45, 2.75) is 26.7 Å². The fourth-order valence-electron chi connectivity index (χ4n) is 5.09. The standard InChI is InChI=1S/C32H31BrN4O4/c1-5-17-41-30-25(33)18-22(19-26(30)40-6-2)29(27-20(3)34-36(31(27)38)23-13-9-7-10-14-23)28-21(4)35-37(32(28)39)24-15-11-8-12-16-24/h5,7-16,18-19,29,34-35H,1,6,17H2,2-4H3. The number of benzene rings is 3. The summed E-state index contributed by atoms with van der Waals surface area (Å²) in [5, 5.41) is 6.45. The lowest BCUT2D eigenvalue weighted by Gasteiger charge is -2.20. The number of nitrogens with zero attached hydrogens (tertiary/aromatic N) is 2. The molecule has 5 rings (SSSR count). The van der Waals surface area contributed by atoms with Crippen LogP contribution < -0.4 is 20.6 Å². The summed E-state index contributed by atoms with van der Waals surface area (Å²) in [6.07, 6.45) is 1.66. The first-order chi connectivity index (χ1) is 19.8. The molecular weight excluding hydrogens is 584 g/mol. The molecule has 0 unspecified atom stereocenters. The predicted molar refractivity (Wildman–Crippen MR) is 164 cm³/mol.